The number of pyridine rings is 1. The zero-order valence-corrected chi connectivity index (χ0v) is 14.6. The molecule has 8 heteroatoms. The van der Waals surface area contributed by atoms with Gasteiger partial charge in [-0.25, -0.2) is 18.1 Å². The van der Waals surface area contributed by atoms with Crippen LogP contribution in [0.4, 0.5) is 0 Å². The van der Waals surface area contributed by atoms with Gasteiger partial charge in [-0.3, -0.25) is 0 Å². The number of halogens is 2. The number of aromatic nitrogens is 1. The van der Waals surface area contributed by atoms with Crippen molar-refractivity contribution in [2.24, 2.45) is 0 Å². The van der Waals surface area contributed by atoms with E-state index in [0.717, 1.165) is 4.88 Å². The van der Waals surface area contributed by atoms with Gasteiger partial charge in [0.25, 0.3) is 0 Å². The van der Waals surface area contributed by atoms with Crippen molar-refractivity contribution in [2.75, 3.05) is 6.54 Å². The molecule has 0 fully saturated rings. The standard InChI is InChI=1S/C13H14Cl2N2O2S2/c1-13(2,11-4-3-5-20-11)8-17-21(18,19)9-6-10(14)12(15)16-7-9/h3-7,17H,8H2,1-2H3. The fourth-order valence-electron chi connectivity index (χ4n) is 1.66. The van der Waals surface area contributed by atoms with Gasteiger partial charge in [0.15, 0.2) is 0 Å². The van der Waals surface area contributed by atoms with Gasteiger partial charge >= 0.3 is 0 Å². The topological polar surface area (TPSA) is 59.1 Å². The first-order chi connectivity index (χ1) is 9.72. The monoisotopic (exact) mass is 364 g/mol. The predicted molar refractivity (Wildman–Crippen MR) is 86.8 cm³/mol. The molecule has 0 saturated carbocycles. The maximum Gasteiger partial charge on any atom is 0.242 e. The van der Waals surface area contributed by atoms with Crippen molar-refractivity contribution in [3.8, 4) is 0 Å². The van der Waals surface area contributed by atoms with E-state index in [-0.39, 0.29) is 27.0 Å². The van der Waals surface area contributed by atoms with Crippen molar-refractivity contribution < 1.29 is 8.42 Å². The third-order valence-corrected chi connectivity index (χ3v) is 6.26. The van der Waals surface area contributed by atoms with Crippen LogP contribution in [0.5, 0.6) is 0 Å². The van der Waals surface area contributed by atoms with Crippen LogP contribution in [0.1, 0.15) is 18.7 Å². The molecule has 0 aliphatic carbocycles. The molecule has 1 N–H and O–H groups in total. The van der Waals surface area contributed by atoms with Crippen molar-refractivity contribution in [1.29, 1.82) is 0 Å². The second-order valence-electron chi connectivity index (χ2n) is 5.13. The fourth-order valence-corrected chi connectivity index (χ4v) is 4.03. The van der Waals surface area contributed by atoms with Crippen LogP contribution in [0.2, 0.25) is 10.2 Å². The molecule has 2 aromatic rings. The predicted octanol–water partition coefficient (Wildman–Crippen LogP) is 3.71. The first-order valence-corrected chi connectivity index (χ1v) is 9.19. The molecule has 2 heterocycles. The van der Waals surface area contributed by atoms with E-state index in [9.17, 15) is 8.42 Å². The third kappa shape index (κ3) is 3.96. The molecule has 21 heavy (non-hydrogen) atoms. The molecule has 2 aromatic heterocycles. The normalized spacial score (nSPS) is 12.6. The summed E-state index contributed by atoms with van der Waals surface area (Å²) < 4.78 is 27.1. The van der Waals surface area contributed by atoms with Gasteiger partial charge in [-0.1, -0.05) is 43.1 Å². The van der Waals surface area contributed by atoms with E-state index < -0.39 is 10.0 Å². The minimum Gasteiger partial charge on any atom is -0.242 e. The first-order valence-electron chi connectivity index (χ1n) is 6.07. The highest BCUT2D eigenvalue weighted by atomic mass is 35.5. The summed E-state index contributed by atoms with van der Waals surface area (Å²) in [7, 11) is -3.67. The summed E-state index contributed by atoms with van der Waals surface area (Å²) in [5.41, 5.74) is -0.301. The lowest BCUT2D eigenvalue weighted by Gasteiger charge is -2.23. The molecule has 4 nitrogen and oxygen atoms in total. The van der Waals surface area contributed by atoms with Gasteiger partial charge < -0.3 is 0 Å². The molecule has 2 rings (SSSR count). The summed E-state index contributed by atoms with van der Waals surface area (Å²) in [5, 5.41) is 2.15. The van der Waals surface area contributed by atoms with E-state index in [1.807, 2.05) is 31.4 Å². The second-order valence-corrected chi connectivity index (χ2v) is 8.61. The highest BCUT2D eigenvalue weighted by Gasteiger charge is 2.25. The van der Waals surface area contributed by atoms with Gasteiger partial charge in [0.05, 0.1) is 5.02 Å². The lowest BCUT2D eigenvalue weighted by Crippen LogP contribution is -2.36. The number of nitrogens with zero attached hydrogens (tertiary/aromatic N) is 1. The average molecular weight is 365 g/mol. The van der Waals surface area contributed by atoms with Gasteiger partial charge in [-0.15, -0.1) is 11.3 Å². The molecule has 0 amide bonds. The highest BCUT2D eigenvalue weighted by Crippen LogP contribution is 2.27. The molecular weight excluding hydrogens is 351 g/mol. The average Bonchev–Trinajstić information content (AvgIpc) is 2.94. The molecule has 0 aromatic carbocycles. The Kier molecular flexibility index (Phi) is 4.95. The van der Waals surface area contributed by atoms with Crippen LogP contribution in [0, 0.1) is 0 Å². The van der Waals surface area contributed by atoms with Crippen LogP contribution in [0.3, 0.4) is 0 Å². The number of thiophene rings is 1. The Morgan fingerprint density at radius 3 is 2.67 bits per heavy atom. The summed E-state index contributed by atoms with van der Waals surface area (Å²) in [6.45, 7) is 4.24. The zero-order valence-electron chi connectivity index (χ0n) is 11.4. The number of hydrogen-bond acceptors (Lipinski definition) is 4. The maximum atomic E-state index is 12.3. The Morgan fingerprint density at radius 2 is 2.10 bits per heavy atom. The Bertz CT molecular complexity index is 729. The molecule has 0 aliphatic heterocycles. The summed E-state index contributed by atoms with van der Waals surface area (Å²) in [4.78, 5) is 4.86. The number of sulfonamides is 1. The van der Waals surface area contributed by atoms with Crippen molar-refractivity contribution >= 4 is 44.6 Å². The molecule has 0 bridgehead atoms. The number of hydrogen-bond donors (Lipinski definition) is 1. The first kappa shape index (κ1) is 16.7. The summed E-state index contributed by atoms with van der Waals surface area (Å²) >= 11 is 13.1. The van der Waals surface area contributed by atoms with E-state index in [1.54, 1.807) is 11.3 Å². The van der Waals surface area contributed by atoms with E-state index in [1.165, 1.54) is 12.3 Å². The Labute approximate surface area is 138 Å². The van der Waals surface area contributed by atoms with E-state index >= 15 is 0 Å². The molecular formula is C13H14Cl2N2O2S2. The minimum atomic E-state index is -3.67. The van der Waals surface area contributed by atoms with Gasteiger partial charge in [-0.05, 0) is 17.5 Å². The lowest BCUT2D eigenvalue weighted by atomic mass is 9.92. The fraction of sp³-hybridized carbons (Fsp3) is 0.308. The van der Waals surface area contributed by atoms with E-state index in [0.29, 0.717) is 0 Å². The van der Waals surface area contributed by atoms with Crippen molar-refractivity contribution in [1.82, 2.24) is 9.71 Å². The van der Waals surface area contributed by atoms with E-state index in [4.69, 9.17) is 23.2 Å². The Balaban J connectivity index is 2.16. The maximum absolute atomic E-state index is 12.3. The largest absolute Gasteiger partial charge is 0.242 e. The van der Waals surface area contributed by atoms with Crippen LogP contribution < -0.4 is 4.72 Å². The highest BCUT2D eigenvalue weighted by molar-refractivity contribution is 7.89. The van der Waals surface area contributed by atoms with Crippen molar-refractivity contribution in [2.45, 2.75) is 24.2 Å². The van der Waals surface area contributed by atoms with Crippen molar-refractivity contribution in [3.05, 3.63) is 44.8 Å². The van der Waals surface area contributed by atoms with Gasteiger partial charge in [0.1, 0.15) is 10.0 Å². The lowest BCUT2D eigenvalue weighted by molar-refractivity contribution is 0.509. The molecule has 0 radical (unpaired) electrons. The van der Waals surface area contributed by atoms with Gasteiger partial charge in [0.2, 0.25) is 10.0 Å². The molecule has 0 unspecified atom stereocenters. The SMILES string of the molecule is CC(C)(CNS(=O)(=O)c1cnc(Cl)c(Cl)c1)c1cccs1. The van der Waals surface area contributed by atoms with Crippen LogP contribution in [-0.4, -0.2) is 19.9 Å². The van der Waals surface area contributed by atoms with Crippen LogP contribution >= 0.6 is 34.5 Å². The molecule has 0 atom stereocenters. The second kappa shape index (κ2) is 6.22. The molecule has 114 valence electrons. The zero-order chi connectivity index (χ0) is 15.7. The minimum absolute atomic E-state index is 0.00104. The van der Waals surface area contributed by atoms with Gasteiger partial charge in [-0.2, -0.15) is 0 Å². The number of nitrogens with one attached hydrogen (secondary N) is 1. The molecule has 0 aliphatic rings. The molecule has 0 saturated heterocycles. The smallest absolute Gasteiger partial charge is 0.242 e. The quantitative estimate of drug-likeness (QED) is 0.822. The van der Waals surface area contributed by atoms with Crippen LogP contribution in [-0.2, 0) is 15.4 Å². The summed E-state index contributed by atoms with van der Waals surface area (Å²) in [6, 6.07) is 5.22. The molecule has 0 spiro atoms. The van der Waals surface area contributed by atoms with Crippen LogP contribution in [0.15, 0.2) is 34.7 Å². The summed E-state index contributed by atoms with van der Waals surface area (Å²) in [6.07, 6.45) is 1.19. The van der Waals surface area contributed by atoms with E-state index in [2.05, 4.69) is 9.71 Å². The Hall–Kier alpha value is -0.660. The number of rotatable bonds is 5. The Morgan fingerprint density at radius 1 is 1.38 bits per heavy atom. The van der Waals surface area contributed by atoms with Crippen molar-refractivity contribution in [3.63, 3.8) is 0 Å². The third-order valence-electron chi connectivity index (χ3n) is 2.97. The van der Waals surface area contributed by atoms with Gasteiger partial charge in [0, 0.05) is 23.0 Å². The van der Waals surface area contributed by atoms with Crippen LogP contribution in [0.25, 0.3) is 0 Å². The summed E-state index contributed by atoms with van der Waals surface area (Å²) in [5.74, 6) is 0.